The van der Waals surface area contributed by atoms with Crippen LogP contribution in [0, 0.1) is 18.3 Å². The second kappa shape index (κ2) is 8.90. The molecule has 0 fully saturated rings. The summed E-state index contributed by atoms with van der Waals surface area (Å²) in [5.41, 5.74) is 0.475. The van der Waals surface area contributed by atoms with Crippen molar-refractivity contribution in [3.63, 3.8) is 0 Å². The molecule has 0 radical (unpaired) electrons. The van der Waals surface area contributed by atoms with Crippen molar-refractivity contribution < 1.29 is 13.2 Å². The molecule has 9 heteroatoms. The minimum atomic E-state index is -4.22. The fourth-order valence-electron chi connectivity index (χ4n) is 3.12. The predicted octanol–water partition coefficient (Wildman–Crippen LogP) is 4.79. The molecule has 0 spiro atoms. The van der Waals surface area contributed by atoms with Crippen LogP contribution in [-0.2, 0) is 9.84 Å². The van der Waals surface area contributed by atoms with Crippen LogP contribution in [0.25, 0.3) is 11.7 Å². The second-order valence-corrected chi connectivity index (χ2v) is 9.42. The van der Waals surface area contributed by atoms with Gasteiger partial charge in [0, 0.05) is 11.2 Å². The van der Waals surface area contributed by atoms with E-state index in [1.165, 1.54) is 34.9 Å². The van der Waals surface area contributed by atoms with Crippen LogP contribution in [0.15, 0.2) is 87.5 Å². The summed E-state index contributed by atoms with van der Waals surface area (Å²) in [6.07, 6.45) is 2.49. The number of ether oxygens (including phenoxy) is 1. The molecule has 0 bridgehead atoms. The molecule has 0 saturated heterocycles. The lowest BCUT2D eigenvalue weighted by atomic mass is 10.2. The van der Waals surface area contributed by atoms with Gasteiger partial charge in [0.2, 0.25) is 15.7 Å². The third-order valence-electron chi connectivity index (χ3n) is 4.74. The van der Waals surface area contributed by atoms with Gasteiger partial charge < -0.3 is 4.74 Å². The van der Waals surface area contributed by atoms with Crippen molar-refractivity contribution in [1.82, 2.24) is 9.38 Å². The Morgan fingerprint density at radius 2 is 1.88 bits per heavy atom. The van der Waals surface area contributed by atoms with Gasteiger partial charge in [-0.05, 0) is 67.1 Å². The lowest BCUT2D eigenvalue weighted by Crippen LogP contribution is -2.19. The van der Waals surface area contributed by atoms with Gasteiger partial charge in [-0.2, -0.15) is 10.2 Å². The van der Waals surface area contributed by atoms with Gasteiger partial charge in [0.25, 0.3) is 5.56 Å². The average Bonchev–Trinajstić information content (AvgIpc) is 2.79. The van der Waals surface area contributed by atoms with Crippen LogP contribution in [0.4, 0.5) is 0 Å². The number of sulfone groups is 1. The number of pyridine rings is 1. The third-order valence-corrected chi connectivity index (χ3v) is 6.67. The molecule has 33 heavy (non-hydrogen) atoms. The van der Waals surface area contributed by atoms with Crippen molar-refractivity contribution >= 4 is 33.2 Å². The van der Waals surface area contributed by atoms with Crippen molar-refractivity contribution in [2.45, 2.75) is 11.8 Å². The number of halogens is 1. The van der Waals surface area contributed by atoms with E-state index in [-0.39, 0.29) is 16.3 Å². The quantitative estimate of drug-likeness (QED) is 0.383. The first-order chi connectivity index (χ1) is 15.8. The highest BCUT2D eigenvalue weighted by Crippen LogP contribution is 2.27. The molecule has 0 N–H and O–H groups in total. The minimum Gasteiger partial charge on any atom is -0.438 e. The van der Waals surface area contributed by atoms with Crippen LogP contribution >= 0.6 is 11.6 Å². The van der Waals surface area contributed by atoms with Gasteiger partial charge in [-0.25, -0.2) is 8.42 Å². The Kier molecular flexibility index (Phi) is 6.01. The van der Waals surface area contributed by atoms with Crippen molar-refractivity contribution in [3.05, 3.63) is 104 Å². The van der Waals surface area contributed by atoms with Crippen molar-refractivity contribution in [3.8, 4) is 17.7 Å². The smallest absolute Gasteiger partial charge is 0.269 e. The molecule has 0 aliphatic carbocycles. The number of nitriles is 1. The fourth-order valence-corrected chi connectivity index (χ4v) is 4.38. The number of benzene rings is 2. The van der Waals surface area contributed by atoms with E-state index < -0.39 is 20.3 Å². The van der Waals surface area contributed by atoms with Crippen molar-refractivity contribution in [2.24, 2.45) is 0 Å². The largest absolute Gasteiger partial charge is 0.438 e. The van der Waals surface area contributed by atoms with Gasteiger partial charge in [-0.3, -0.25) is 9.20 Å². The Morgan fingerprint density at radius 1 is 1.12 bits per heavy atom. The first-order valence-electron chi connectivity index (χ1n) is 9.68. The van der Waals surface area contributed by atoms with E-state index in [2.05, 4.69) is 4.98 Å². The highest BCUT2D eigenvalue weighted by atomic mass is 35.5. The molecule has 0 unspecified atom stereocenters. The van der Waals surface area contributed by atoms with Crippen LogP contribution in [0.2, 0.25) is 5.02 Å². The van der Waals surface area contributed by atoms with Crippen LogP contribution in [-0.4, -0.2) is 17.8 Å². The van der Waals surface area contributed by atoms with Crippen molar-refractivity contribution in [1.29, 1.82) is 5.26 Å². The van der Waals surface area contributed by atoms with Gasteiger partial charge >= 0.3 is 0 Å². The summed E-state index contributed by atoms with van der Waals surface area (Å²) < 4.78 is 33.2. The third kappa shape index (κ3) is 4.51. The summed E-state index contributed by atoms with van der Waals surface area (Å²) in [4.78, 5) is 16.9. The summed E-state index contributed by atoms with van der Waals surface area (Å²) in [5, 5.41) is 10.0. The van der Waals surface area contributed by atoms with Crippen LogP contribution in [0.1, 0.15) is 11.1 Å². The number of hydrogen-bond acceptors (Lipinski definition) is 6. The second-order valence-electron chi connectivity index (χ2n) is 7.06. The summed E-state index contributed by atoms with van der Waals surface area (Å²) >= 11 is 5.85. The fraction of sp³-hybridized carbons (Fsp3) is 0.0417. The van der Waals surface area contributed by atoms with Crippen LogP contribution in [0.3, 0.4) is 0 Å². The Morgan fingerprint density at radius 3 is 2.58 bits per heavy atom. The zero-order valence-electron chi connectivity index (χ0n) is 17.3. The van der Waals surface area contributed by atoms with Gasteiger partial charge in [-0.1, -0.05) is 29.8 Å². The molecule has 0 atom stereocenters. The topological polar surface area (TPSA) is 102 Å². The number of fused-ring (bicyclic) bond motifs is 1. The van der Waals surface area contributed by atoms with E-state index >= 15 is 0 Å². The number of aromatic nitrogens is 2. The van der Waals surface area contributed by atoms with E-state index in [1.54, 1.807) is 42.5 Å². The van der Waals surface area contributed by atoms with E-state index in [0.717, 1.165) is 11.6 Å². The van der Waals surface area contributed by atoms with E-state index in [0.29, 0.717) is 16.4 Å². The number of nitrogens with zero attached hydrogens (tertiary/aromatic N) is 3. The monoisotopic (exact) mass is 477 g/mol. The average molecular weight is 478 g/mol. The highest BCUT2D eigenvalue weighted by Gasteiger charge is 2.23. The maximum absolute atomic E-state index is 13.2. The molecule has 2 heterocycles. The molecule has 2 aromatic carbocycles. The molecule has 7 nitrogen and oxygen atoms in total. The van der Waals surface area contributed by atoms with E-state index in [1.807, 2.05) is 13.0 Å². The molecular formula is C24H16ClN3O4S. The molecule has 2 aromatic heterocycles. The summed E-state index contributed by atoms with van der Waals surface area (Å²) in [7, 11) is -4.22. The molecule has 4 aromatic rings. The van der Waals surface area contributed by atoms with Gasteiger partial charge in [0.15, 0.2) is 0 Å². The maximum atomic E-state index is 13.2. The SMILES string of the molecule is Cc1cccc(Oc2nc3ccccn3c(=O)c2/C=C(\C#N)S(=O)(=O)c2ccc(Cl)cc2)c1. The number of hydrogen-bond donors (Lipinski definition) is 0. The summed E-state index contributed by atoms with van der Waals surface area (Å²) in [6.45, 7) is 1.88. The van der Waals surface area contributed by atoms with Crippen molar-refractivity contribution in [2.75, 3.05) is 0 Å². The number of allylic oxidation sites excluding steroid dienone is 1. The van der Waals surface area contributed by atoms with Gasteiger partial charge in [0.05, 0.1) is 4.90 Å². The lowest BCUT2D eigenvalue weighted by molar-refractivity contribution is 0.460. The predicted molar refractivity (Wildman–Crippen MR) is 125 cm³/mol. The summed E-state index contributed by atoms with van der Waals surface area (Å²) in [6, 6.07) is 19.1. The number of aryl methyl sites for hydroxylation is 1. The Hall–Kier alpha value is -3.93. The van der Waals surface area contributed by atoms with Crippen LogP contribution < -0.4 is 10.3 Å². The molecule has 0 aliphatic heterocycles. The maximum Gasteiger partial charge on any atom is 0.269 e. The normalized spacial score (nSPS) is 11.8. The lowest BCUT2D eigenvalue weighted by Gasteiger charge is -2.11. The zero-order valence-corrected chi connectivity index (χ0v) is 18.8. The Bertz CT molecular complexity index is 1600. The molecular weight excluding hydrogens is 462 g/mol. The molecule has 4 rings (SSSR count). The first kappa shape index (κ1) is 22.3. The Balaban J connectivity index is 1.93. The standard InChI is InChI=1S/C24H16ClN3O4S/c1-16-5-4-6-18(13-16)32-23-21(24(29)28-12-3-2-7-22(28)27-23)14-20(15-26)33(30,31)19-10-8-17(25)9-11-19/h2-14H,1H3/b20-14+. The highest BCUT2D eigenvalue weighted by molar-refractivity contribution is 7.95. The van der Waals surface area contributed by atoms with E-state index in [4.69, 9.17) is 16.3 Å². The molecule has 0 aliphatic rings. The minimum absolute atomic E-state index is 0.115. The Labute approximate surface area is 194 Å². The molecule has 164 valence electrons. The molecule has 0 saturated carbocycles. The molecule has 0 amide bonds. The van der Waals surface area contributed by atoms with E-state index in [9.17, 15) is 18.5 Å². The number of rotatable bonds is 5. The first-order valence-corrected chi connectivity index (χ1v) is 11.5. The van der Waals surface area contributed by atoms with Gasteiger partial charge in [0.1, 0.15) is 27.9 Å². The zero-order chi connectivity index (χ0) is 23.6. The van der Waals surface area contributed by atoms with Gasteiger partial charge in [-0.15, -0.1) is 0 Å². The van der Waals surface area contributed by atoms with Crippen LogP contribution in [0.5, 0.6) is 11.6 Å². The summed E-state index contributed by atoms with van der Waals surface area (Å²) in [5.74, 6) is 0.298.